The number of halogens is 2. The van der Waals surface area contributed by atoms with Crippen molar-refractivity contribution in [2.45, 2.75) is 11.8 Å². The van der Waals surface area contributed by atoms with Crippen LogP contribution in [0.4, 0.5) is 10.1 Å². The van der Waals surface area contributed by atoms with Gasteiger partial charge in [-0.25, -0.2) is 17.6 Å². The molecule has 0 aliphatic carbocycles. The molecule has 2 aromatic carbocycles. The Morgan fingerprint density at radius 3 is 2.48 bits per heavy atom. The number of sulfonamides is 1. The lowest BCUT2D eigenvalue weighted by atomic mass is 10.2. The molecular formula is C15H13ClFNO4S. The number of benzene rings is 2. The van der Waals surface area contributed by atoms with Crippen molar-refractivity contribution < 1.29 is 22.3 Å². The first kappa shape index (κ1) is 17.2. The molecule has 0 saturated heterocycles. The number of esters is 1. The topological polar surface area (TPSA) is 72.5 Å². The molecule has 2 aromatic rings. The Morgan fingerprint density at radius 1 is 1.22 bits per heavy atom. The van der Waals surface area contributed by atoms with Crippen molar-refractivity contribution in [3.63, 3.8) is 0 Å². The Bertz CT molecular complexity index is 822. The second kappa shape index (κ2) is 6.97. The highest BCUT2D eigenvalue weighted by Crippen LogP contribution is 2.23. The van der Waals surface area contributed by atoms with Gasteiger partial charge in [0.1, 0.15) is 5.82 Å². The van der Waals surface area contributed by atoms with Crippen LogP contribution < -0.4 is 4.72 Å². The van der Waals surface area contributed by atoms with Gasteiger partial charge in [-0.15, -0.1) is 0 Å². The number of ether oxygens (including phenoxy) is 1. The maximum atomic E-state index is 13.6. The number of carbonyl (C=O) groups is 1. The molecule has 0 spiro atoms. The van der Waals surface area contributed by atoms with E-state index in [1.807, 2.05) is 0 Å². The minimum absolute atomic E-state index is 0.120. The summed E-state index contributed by atoms with van der Waals surface area (Å²) >= 11 is 5.72. The SMILES string of the molecule is CCOC(=O)c1ccc(S(=O)(=O)Nc2cc(Cl)ccc2F)cc1. The Kier molecular flexibility index (Phi) is 5.23. The predicted octanol–water partition coefficient (Wildman–Crippen LogP) is 3.46. The van der Waals surface area contributed by atoms with Crippen LogP contribution in [0.3, 0.4) is 0 Å². The van der Waals surface area contributed by atoms with Gasteiger partial charge in [-0.1, -0.05) is 11.6 Å². The number of rotatable bonds is 5. The summed E-state index contributed by atoms with van der Waals surface area (Å²) in [5, 5.41) is 0.196. The standard InChI is InChI=1S/C15H13ClFNO4S/c1-2-22-15(19)10-3-6-12(7-4-10)23(20,21)18-14-9-11(16)5-8-13(14)17/h3-9,18H,2H2,1H3. The molecule has 0 heterocycles. The third-order valence-electron chi connectivity index (χ3n) is 2.85. The van der Waals surface area contributed by atoms with Crippen molar-refractivity contribution in [2.75, 3.05) is 11.3 Å². The maximum absolute atomic E-state index is 13.6. The van der Waals surface area contributed by atoms with E-state index < -0.39 is 21.8 Å². The van der Waals surface area contributed by atoms with Crippen LogP contribution in [-0.4, -0.2) is 21.0 Å². The molecule has 0 aliphatic rings. The summed E-state index contributed by atoms with van der Waals surface area (Å²) in [6.45, 7) is 1.88. The van der Waals surface area contributed by atoms with Gasteiger partial charge in [-0.2, -0.15) is 0 Å². The van der Waals surface area contributed by atoms with Gasteiger partial charge in [0, 0.05) is 5.02 Å². The average molecular weight is 358 g/mol. The van der Waals surface area contributed by atoms with Crippen LogP contribution in [0.1, 0.15) is 17.3 Å². The van der Waals surface area contributed by atoms with Crippen molar-refractivity contribution in [3.05, 3.63) is 58.9 Å². The van der Waals surface area contributed by atoms with Crippen molar-refractivity contribution in [3.8, 4) is 0 Å². The average Bonchev–Trinajstić information content (AvgIpc) is 2.51. The van der Waals surface area contributed by atoms with E-state index in [4.69, 9.17) is 16.3 Å². The van der Waals surface area contributed by atoms with E-state index in [1.54, 1.807) is 6.92 Å². The van der Waals surface area contributed by atoms with Gasteiger partial charge in [-0.3, -0.25) is 4.72 Å². The highest BCUT2D eigenvalue weighted by Gasteiger charge is 2.17. The lowest BCUT2D eigenvalue weighted by Crippen LogP contribution is -2.14. The fourth-order valence-electron chi connectivity index (χ4n) is 1.76. The third-order valence-corrected chi connectivity index (χ3v) is 4.46. The lowest BCUT2D eigenvalue weighted by molar-refractivity contribution is 0.0526. The molecule has 8 heteroatoms. The molecule has 0 atom stereocenters. The first-order valence-corrected chi connectivity index (χ1v) is 8.44. The Hall–Kier alpha value is -2.12. The molecule has 23 heavy (non-hydrogen) atoms. The molecule has 0 aliphatic heterocycles. The maximum Gasteiger partial charge on any atom is 0.338 e. The van der Waals surface area contributed by atoms with Gasteiger partial charge >= 0.3 is 5.97 Å². The molecule has 0 unspecified atom stereocenters. The largest absolute Gasteiger partial charge is 0.462 e. The van der Waals surface area contributed by atoms with Crippen LogP contribution >= 0.6 is 11.6 Å². The summed E-state index contributed by atoms with van der Waals surface area (Å²) in [7, 11) is -4.01. The quantitative estimate of drug-likeness (QED) is 0.832. The highest BCUT2D eigenvalue weighted by molar-refractivity contribution is 7.92. The molecule has 1 N–H and O–H groups in total. The fraction of sp³-hybridized carbons (Fsp3) is 0.133. The van der Waals surface area contributed by atoms with Crippen LogP contribution in [0, 0.1) is 5.82 Å². The summed E-state index contributed by atoms with van der Waals surface area (Å²) in [5.41, 5.74) is -0.0355. The second-order valence-corrected chi connectivity index (χ2v) is 6.59. The highest BCUT2D eigenvalue weighted by atomic mass is 35.5. The molecule has 0 radical (unpaired) electrons. The summed E-state index contributed by atoms with van der Waals surface area (Å²) in [6.07, 6.45) is 0. The number of hydrogen-bond acceptors (Lipinski definition) is 4. The second-order valence-electron chi connectivity index (χ2n) is 4.47. The molecule has 122 valence electrons. The van der Waals surface area contributed by atoms with Gasteiger partial charge in [-0.05, 0) is 49.4 Å². The summed E-state index contributed by atoms with van der Waals surface area (Å²) in [6, 6.07) is 8.64. The van der Waals surface area contributed by atoms with Crippen molar-refractivity contribution in [1.29, 1.82) is 0 Å². The molecular weight excluding hydrogens is 345 g/mol. The Labute approximate surface area is 138 Å². The summed E-state index contributed by atoms with van der Waals surface area (Å²) in [4.78, 5) is 11.4. The third kappa shape index (κ3) is 4.20. The molecule has 0 saturated carbocycles. The number of hydrogen-bond donors (Lipinski definition) is 1. The molecule has 0 aromatic heterocycles. The first-order valence-electron chi connectivity index (χ1n) is 6.58. The van der Waals surface area contributed by atoms with Gasteiger partial charge in [0.05, 0.1) is 22.8 Å². The van der Waals surface area contributed by atoms with Gasteiger partial charge < -0.3 is 4.74 Å². The Morgan fingerprint density at radius 2 is 1.87 bits per heavy atom. The summed E-state index contributed by atoms with van der Waals surface area (Å²) in [5.74, 6) is -1.30. The van der Waals surface area contributed by atoms with Gasteiger partial charge in [0.15, 0.2) is 0 Å². The minimum Gasteiger partial charge on any atom is -0.462 e. The molecule has 2 rings (SSSR count). The van der Waals surface area contributed by atoms with Crippen LogP contribution in [0.15, 0.2) is 47.4 Å². The molecule has 0 bridgehead atoms. The van der Waals surface area contributed by atoms with E-state index >= 15 is 0 Å². The lowest BCUT2D eigenvalue weighted by Gasteiger charge is -2.10. The van der Waals surface area contributed by atoms with E-state index in [-0.39, 0.29) is 27.8 Å². The van der Waals surface area contributed by atoms with Crippen molar-refractivity contribution in [1.82, 2.24) is 0 Å². The van der Waals surface area contributed by atoms with E-state index in [9.17, 15) is 17.6 Å². The van der Waals surface area contributed by atoms with Crippen LogP contribution in [0.2, 0.25) is 5.02 Å². The van der Waals surface area contributed by atoms with Crippen molar-refractivity contribution >= 4 is 33.3 Å². The first-order chi connectivity index (χ1) is 10.8. The van der Waals surface area contributed by atoms with Crippen LogP contribution in [0.5, 0.6) is 0 Å². The molecule has 0 fully saturated rings. The fourth-order valence-corrected chi connectivity index (χ4v) is 2.99. The monoisotopic (exact) mass is 357 g/mol. The molecule has 0 amide bonds. The van der Waals surface area contributed by atoms with E-state index in [1.165, 1.54) is 36.4 Å². The van der Waals surface area contributed by atoms with Crippen LogP contribution in [0.25, 0.3) is 0 Å². The van der Waals surface area contributed by atoms with Gasteiger partial charge in [0.2, 0.25) is 0 Å². The zero-order valence-electron chi connectivity index (χ0n) is 12.0. The van der Waals surface area contributed by atoms with Gasteiger partial charge in [0.25, 0.3) is 10.0 Å². The van der Waals surface area contributed by atoms with E-state index in [2.05, 4.69) is 4.72 Å². The smallest absolute Gasteiger partial charge is 0.338 e. The summed E-state index contributed by atoms with van der Waals surface area (Å²) < 4.78 is 45.0. The van der Waals surface area contributed by atoms with Crippen molar-refractivity contribution in [2.24, 2.45) is 0 Å². The number of anilines is 1. The number of carbonyl (C=O) groups excluding carboxylic acids is 1. The zero-order chi connectivity index (χ0) is 17.0. The normalized spacial score (nSPS) is 11.1. The predicted molar refractivity (Wildman–Crippen MR) is 84.6 cm³/mol. The van der Waals surface area contributed by atoms with Crippen LogP contribution in [-0.2, 0) is 14.8 Å². The molecule has 5 nitrogen and oxygen atoms in total. The zero-order valence-corrected chi connectivity index (χ0v) is 13.6. The minimum atomic E-state index is -4.01. The Balaban J connectivity index is 2.26. The van der Waals surface area contributed by atoms with E-state index in [0.29, 0.717) is 0 Å². The van der Waals surface area contributed by atoms with E-state index in [0.717, 1.165) is 6.07 Å². The number of nitrogens with one attached hydrogen (secondary N) is 1.